The molecule has 2 aromatic heterocycles. The zero-order chi connectivity index (χ0) is 15.1. The number of H-pyrrole nitrogens is 1. The first kappa shape index (κ1) is 13.7. The van der Waals surface area contributed by atoms with Gasteiger partial charge in [-0.2, -0.15) is 5.10 Å². The number of rotatable bonds is 3. The van der Waals surface area contributed by atoms with Crippen molar-refractivity contribution in [3.8, 4) is 0 Å². The lowest BCUT2D eigenvalue weighted by Crippen LogP contribution is -2.13. The van der Waals surface area contributed by atoms with Crippen molar-refractivity contribution >= 4 is 28.6 Å². The van der Waals surface area contributed by atoms with Gasteiger partial charge in [-0.25, -0.2) is 4.98 Å². The van der Waals surface area contributed by atoms with Gasteiger partial charge in [0, 0.05) is 7.05 Å². The number of benzene rings is 1. The van der Waals surface area contributed by atoms with Crippen LogP contribution in [-0.2, 0) is 7.05 Å². The van der Waals surface area contributed by atoms with E-state index in [2.05, 4.69) is 21.1 Å². The smallest absolute Gasteiger partial charge is 0.172 e. The van der Waals surface area contributed by atoms with E-state index in [-0.39, 0.29) is 5.84 Å². The lowest BCUT2D eigenvalue weighted by atomic mass is 10.2. The van der Waals surface area contributed by atoms with Crippen molar-refractivity contribution in [3.63, 3.8) is 0 Å². The van der Waals surface area contributed by atoms with E-state index in [4.69, 9.17) is 11.1 Å². The molecule has 0 radical (unpaired) electrons. The van der Waals surface area contributed by atoms with Crippen molar-refractivity contribution in [1.82, 2.24) is 19.7 Å². The lowest BCUT2D eigenvalue weighted by molar-refractivity contribution is 0.691. The van der Waals surface area contributed by atoms with E-state index in [0.717, 1.165) is 26.9 Å². The SMILES string of the molecule is Cc1ccc2nc(Sc3c(C(=N)N)c(C)nn3C)[nH]c2c1. The summed E-state index contributed by atoms with van der Waals surface area (Å²) in [4.78, 5) is 7.84. The van der Waals surface area contributed by atoms with Gasteiger partial charge >= 0.3 is 0 Å². The zero-order valence-corrected chi connectivity index (χ0v) is 12.9. The molecule has 0 unspecified atom stereocenters. The third kappa shape index (κ3) is 2.40. The molecule has 21 heavy (non-hydrogen) atoms. The average Bonchev–Trinajstić information content (AvgIpc) is 2.90. The third-order valence-electron chi connectivity index (χ3n) is 3.25. The summed E-state index contributed by atoms with van der Waals surface area (Å²) in [6.45, 7) is 3.90. The number of amidine groups is 1. The molecule has 6 nitrogen and oxygen atoms in total. The van der Waals surface area contributed by atoms with Crippen LogP contribution in [0.3, 0.4) is 0 Å². The van der Waals surface area contributed by atoms with Crippen molar-refractivity contribution < 1.29 is 0 Å². The van der Waals surface area contributed by atoms with Crippen LogP contribution in [0, 0.1) is 19.3 Å². The number of hydrogen-bond acceptors (Lipinski definition) is 4. The number of imidazole rings is 1. The Hall–Kier alpha value is -2.28. The number of hydrogen-bond donors (Lipinski definition) is 3. The van der Waals surface area contributed by atoms with Crippen LogP contribution in [-0.4, -0.2) is 25.6 Å². The Bertz CT molecular complexity index is 845. The Labute approximate surface area is 126 Å². The van der Waals surface area contributed by atoms with Crippen molar-refractivity contribution in [2.45, 2.75) is 24.0 Å². The van der Waals surface area contributed by atoms with Crippen LogP contribution in [0.1, 0.15) is 16.8 Å². The monoisotopic (exact) mass is 300 g/mol. The summed E-state index contributed by atoms with van der Waals surface area (Å²) in [6, 6.07) is 6.09. The van der Waals surface area contributed by atoms with Gasteiger partial charge in [0.1, 0.15) is 10.9 Å². The van der Waals surface area contributed by atoms with Gasteiger partial charge in [-0.1, -0.05) is 6.07 Å². The van der Waals surface area contributed by atoms with Crippen LogP contribution in [0.5, 0.6) is 0 Å². The van der Waals surface area contributed by atoms with Gasteiger partial charge in [-0.15, -0.1) is 0 Å². The van der Waals surface area contributed by atoms with E-state index in [1.807, 2.05) is 33.0 Å². The fourth-order valence-corrected chi connectivity index (χ4v) is 3.32. The van der Waals surface area contributed by atoms with Gasteiger partial charge in [-0.05, 0) is 43.3 Å². The number of aryl methyl sites for hydroxylation is 3. The number of nitrogens with two attached hydrogens (primary N) is 1. The van der Waals surface area contributed by atoms with E-state index < -0.39 is 0 Å². The third-order valence-corrected chi connectivity index (χ3v) is 4.30. The number of fused-ring (bicyclic) bond motifs is 1. The van der Waals surface area contributed by atoms with E-state index in [1.165, 1.54) is 17.3 Å². The molecule has 0 aliphatic rings. The largest absolute Gasteiger partial charge is 0.384 e. The molecule has 1 aromatic carbocycles. The second-order valence-corrected chi connectivity index (χ2v) is 5.94. The summed E-state index contributed by atoms with van der Waals surface area (Å²) in [5.74, 6) is 0.0232. The molecule has 3 aromatic rings. The molecule has 0 saturated carbocycles. The Balaban J connectivity index is 2.04. The lowest BCUT2D eigenvalue weighted by Gasteiger charge is -2.02. The maximum absolute atomic E-state index is 7.71. The molecule has 108 valence electrons. The molecular formula is C14H16N6S. The van der Waals surface area contributed by atoms with Gasteiger partial charge in [0.2, 0.25) is 0 Å². The van der Waals surface area contributed by atoms with E-state index in [9.17, 15) is 0 Å². The van der Waals surface area contributed by atoms with Crippen molar-refractivity contribution in [1.29, 1.82) is 5.41 Å². The first-order valence-corrected chi connectivity index (χ1v) is 7.29. The van der Waals surface area contributed by atoms with Crippen LogP contribution < -0.4 is 5.73 Å². The van der Waals surface area contributed by atoms with Gasteiger partial charge in [0.25, 0.3) is 0 Å². The quantitative estimate of drug-likeness (QED) is 0.511. The molecule has 2 heterocycles. The Morgan fingerprint density at radius 2 is 2.14 bits per heavy atom. The molecule has 0 fully saturated rings. The summed E-state index contributed by atoms with van der Waals surface area (Å²) in [6.07, 6.45) is 0. The van der Waals surface area contributed by atoms with Crippen LogP contribution in [0.25, 0.3) is 11.0 Å². The first-order valence-electron chi connectivity index (χ1n) is 6.48. The number of nitrogens with zero attached hydrogens (tertiary/aromatic N) is 3. The second kappa shape index (κ2) is 4.92. The van der Waals surface area contributed by atoms with Crippen LogP contribution in [0.4, 0.5) is 0 Å². The Morgan fingerprint density at radius 1 is 1.38 bits per heavy atom. The molecule has 0 saturated heterocycles. The van der Waals surface area contributed by atoms with Crippen LogP contribution >= 0.6 is 11.8 Å². The molecule has 4 N–H and O–H groups in total. The maximum atomic E-state index is 7.71. The highest BCUT2D eigenvalue weighted by molar-refractivity contribution is 7.99. The standard InChI is InChI=1S/C14H16N6S/c1-7-4-5-9-10(6-7)18-14(17-9)21-13-11(12(15)16)8(2)19-20(13)3/h4-6H,1-3H3,(H3,15,16)(H,17,18). The number of nitrogen functional groups attached to an aromatic ring is 1. The highest BCUT2D eigenvalue weighted by atomic mass is 32.2. The summed E-state index contributed by atoms with van der Waals surface area (Å²) in [7, 11) is 1.84. The first-order chi connectivity index (χ1) is 9.95. The van der Waals surface area contributed by atoms with Gasteiger partial charge in [-0.3, -0.25) is 10.1 Å². The molecular weight excluding hydrogens is 284 g/mol. The summed E-state index contributed by atoms with van der Waals surface area (Å²) in [5.41, 5.74) is 10.2. The summed E-state index contributed by atoms with van der Waals surface area (Å²) < 4.78 is 1.73. The number of aromatic nitrogens is 4. The predicted molar refractivity (Wildman–Crippen MR) is 83.9 cm³/mol. The van der Waals surface area contributed by atoms with E-state index in [1.54, 1.807) is 4.68 Å². The number of nitrogens with one attached hydrogen (secondary N) is 2. The molecule has 0 aliphatic carbocycles. The van der Waals surface area contributed by atoms with E-state index in [0.29, 0.717) is 5.56 Å². The average molecular weight is 300 g/mol. The zero-order valence-electron chi connectivity index (χ0n) is 12.1. The van der Waals surface area contributed by atoms with Crippen molar-refractivity contribution in [2.24, 2.45) is 12.8 Å². The Kier molecular flexibility index (Phi) is 3.21. The Morgan fingerprint density at radius 3 is 2.86 bits per heavy atom. The highest BCUT2D eigenvalue weighted by Gasteiger charge is 2.18. The van der Waals surface area contributed by atoms with Gasteiger partial charge < -0.3 is 10.7 Å². The topological polar surface area (TPSA) is 96.4 Å². The van der Waals surface area contributed by atoms with E-state index >= 15 is 0 Å². The minimum Gasteiger partial charge on any atom is -0.384 e. The van der Waals surface area contributed by atoms with Gasteiger partial charge in [0.05, 0.1) is 22.3 Å². The number of aromatic amines is 1. The highest BCUT2D eigenvalue weighted by Crippen LogP contribution is 2.31. The van der Waals surface area contributed by atoms with Crippen LogP contribution in [0.2, 0.25) is 0 Å². The maximum Gasteiger partial charge on any atom is 0.172 e. The predicted octanol–water partition coefficient (Wildman–Crippen LogP) is 2.35. The molecule has 0 atom stereocenters. The normalized spacial score (nSPS) is 11.2. The molecule has 0 bridgehead atoms. The van der Waals surface area contributed by atoms with Crippen molar-refractivity contribution in [2.75, 3.05) is 0 Å². The molecule has 0 spiro atoms. The fraction of sp³-hybridized carbons (Fsp3) is 0.214. The summed E-state index contributed by atoms with van der Waals surface area (Å²) in [5, 5.41) is 13.6. The molecule has 3 rings (SSSR count). The minimum atomic E-state index is 0.0232. The minimum absolute atomic E-state index is 0.0232. The van der Waals surface area contributed by atoms with Gasteiger partial charge in [0.15, 0.2) is 5.16 Å². The molecule has 7 heteroatoms. The molecule has 0 amide bonds. The molecule has 0 aliphatic heterocycles. The summed E-state index contributed by atoms with van der Waals surface area (Å²) >= 11 is 1.43. The van der Waals surface area contributed by atoms with Crippen molar-refractivity contribution in [3.05, 3.63) is 35.0 Å². The fourth-order valence-electron chi connectivity index (χ4n) is 2.30. The van der Waals surface area contributed by atoms with Crippen LogP contribution in [0.15, 0.2) is 28.4 Å². The second-order valence-electron chi connectivity index (χ2n) is 4.97.